The van der Waals surface area contributed by atoms with Crippen LogP contribution >= 0.6 is 0 Å². The van der Waals surface area contributed by atoms with Crippen LogP contribution in [0.15, 0.2) is 109 Å². The average Bonchev–Trinajstić information content (AvgIpc) is 2.88. The standard InChI is InChI=1S/C30H18N2/c1-31-30-19-32-16-15-25(30)27-18-29-22-12-6-5-11-21(22)26(20-9-3-2-4-10-20)17-28(29)24-14-8-7-13-23(24)27/h2-19H. The van der Waals surface area contributed by atoms with E-state index in [1.807, 2.05) is 6.07 Å². The van der Waals surface area contributed by atoms with E-state index in [2.05, 4.69) is 101 Å². The fraction of sp³-hybridized carbons (Fsp3) is 0. The molecule has 0 unspecified atom stereocenters. The molecule has 2 nitrogen and oxygen atoms in total. The molecule has 0 saturated carbocycles. The molecule has 0 N–H and O–H groups in total. The molecule has 0 aliphatic rings. The second-order valence-corrected chi connectivity index (χ2v) is 7.91. The van der Waals surface area contributed by atoms with Crippen molar-refractivity contribution in [2.24, 2.45) is 0 Å². The molecule has 0 saturated heterocycles. The van der Waals surface area contributed by atoms with Crippen LogP contribution in [0, 0.1) is 6.57 Å². The summed E-state index contributed by atoms with van der Waals surface area (Å²) in [6.07, 6.45) is 3.41. The fourth-order valence-corrected chi connectivity index (χ4v) is 4.73. The first-order valence-electron chi connectivity index (χ1n) is 10.6. The Morgan fingerprint density at radius 1 is 0.531 bits per heavy atom. The summed E-state index contributed by atoms with van der Waals surface area (Å²) in [7, 11) is 0. The molecule has 0 atom stereocenters. The lowest BCUT2D eigenvalue weighted by molar-refractivity contribution is 1.34. The van der Waals surface area contributed by atoms with Gasteiger partial charge in [0.1, 0.15) is 0 Å². The van der Waals surface area contributed by atoms with Gasteiger partial charge < -0.3 is 0 Å². The lowest BCUT2D eigenvalue weighted by atomic mass is 9.88. The SMILES string of the molecule is [C-]#[N+]c1cnccc1-c1cc2c3ccccc3c(-c3ccccc3)cc2c2ccccc12. The molecule has 2 heteroatoms. The van der Waals surface area contributed by atoms with Crippen molar-refractivity contribution in [2.45, 2.75) is 0 Å². The van der Waals surface area contributed by atoms with E-state index >= 15 is 0 Å². The molecule has 5 aromatic carbocycles. The lowest BCUT2D eigenvalue weighted by Gasteiger charge is -2.16. The van der Waals surface area contributed by atoms with Crippen molar-refractivity contribution >= 4 is 38.0 Å². The van der Waals surface area contributed by atoms with Gasteiger partial charge in [0, 0.05) is 12.4 Å². The summed E-state index contributed by atoms with van der Waals surface area (Å²) >= 11 is 0. The Labute approximate surface area is 186 Å². The molecular weight excluding hydrogens is 388 g/mol. The Balaban J connectivity index is 1.82. The highest BCUT2D eigenvalue weighted by molar-refractivity contribution is 6.24. The van der Waals surface area contributed by atoms with Gasteiger partial charge in [-0.05, 0) is 72.8 Å². The highest BCUT2D eigenvalue weighted by atomic mass is 14.7. The quantitative estimate of drug-likeness (QED) is 0.208. The first-order valence-corrected chi connectivity index (χ1v) is 10.6. The van der Waals surface area contributed by atoms with Crippen LogP contribution in [0.4, 0.5) is 5.69 Å². The Kier molecular flexibility index (Phi) is 4.20. The third-order valence-corrected chi connectivity index (χ3v) is 6.18. The van der Waals surface area contributed by atoms with Gasteiger partial charge in [-0.15, -0.1) is 0 Å². The van der Waals surface area contributed by atoms with Gasteiger partial charge in [0.2, 0.25) is 5.69 Å². The van der Waals surface area contributed by atoms with Crippen LogP contribution in [-0.2, 0) is 0 Å². The molecule has 0 spiro atoms. The predicted molar refractivity (Wildman–Crippen MR) is 134 cm³/mol. The topological polar surface area (TPSA) is 17.2 Å². The zero-order valence-electron chi connectivity index (χ0n) is 17.3. The van der Waals surface area contributed by atoms with Crippen LogP contribution in [0.3, 0.4) is 0 Å². The molecule has 0 bridgehead atoms. The molecule has 0 aliphatic carbocycles. The zero-order valence-corrected chi connectivity index (χ0v) is 17.3. The van der Waals surface area contributed by atoms with Crippen molar-refractivity contribution < 1.29 is 0 Å². The average molecular weight is 406 g/mol. The van der Waals surface area contributed by atoms with Crippen molar-refractivity contribution in [1.82, 2.24) is 4.98 Å². The van der Waals surface area contributed by atoms with E-state index < -0.39 is 0 Å². The Hall–Kier alpha value is -4.48. The van der Waals surface area contributed by atoms with Crippen LogP contribution in [-0.4, -0.2) is 4.98 Å². The van der Waals surface area contributed by atoms with Crippen molar-refractivity contribution in [1.29, 1.82) is 0 Å². The molecule has 1 heterocycles. The summed E-state index contributed by atoms with van der Waals surface area (Å²) in [5, 5.41) is 7.20. The van der Waals surface area contributed by atoms with Gasteiger partial charge in [0.05, 0.1) is 6.57 Å². The first-order chi connectivity index (χ1) is 15.8. The number of hydrogen-bond acceptors (Lipinski definition) is 1. The molecule has 0 aliphatic heterocycles. The number of pyridine rings is 1. The van der Waals surface area contributed by atoms with Crippen molar-refractivity contribution in [3.05, 3.63) is 121 Å². The zero-order chi connectivity index (χ0) is 21.5. The number of rotatable bonds is 2. The second kappa shape index (κ2) is 7.34. The van der Waals surface area contributed by atoms with Gasteiger partial charge in [-0.2, -0.15) is 0 Å². The van der Waals surface area contributed by atoms with Crippen molar-refractivity contribution in [2.75, 3.05) is 0 Å². The predicted octanol–water partition coefficient (Wildman–Crippen LogP) is 8.43. The van der Waals surface area contributed by atoms with E-state index in [0.29, 0.717) is 5.69 Å². The number of aromatic nitrogens is 1. The Morgan fingerprint density at radius 3 is 1.75 bits per heavy atom. The summed E-state index contributed by atoms with van der Waals surface area (Å²) in [6.45, 7) is 7.64. The summed E-state index contributed by atoms with van der Waals surface area (Å²) < 4.78 is 0. The third-order valence-electron chi connectivity index (χ3n) is 6.18. The van der Waals surface area contributed by atoms with E-state index in [4.69, 9.17) is 6.57 Å². The molecule has 6 aromatic rings. The van der Waals surface area contributed by atoms with E-state index in [1.165, 1.54) is 38.1 Å². The van der Waals surface area contributed by atoms with Gasteiger partial charge in [-0.1, -0.05) is 78.9 Å². The van der Waals surface area contributed by atoms with E-state index in [9.17, 15) is 0 Å². The second-order valence-electron chi connectivity index (χ2n) is 7.91. The maximum Gasteiger partial charge on any atom is 0.212 e. The number of benzene rings is 5. The van der Waals surface area contributed by atoms with E-state index in [1.54, 1.807) is 12.4 Å². The summed E-state index contributed by atoms with van der Waals surface area (Å²) in [5.41, 5.74) is 5.01. The molecule has 0 fully saturated rings. The minimum Gasteiger partial charge on any atom is -0.276 e. The molecule has 6 rings (SSSR count). The molecule has 148 valence electrons. The highest BCUT2D eigenvalue weighted by Gasteiger charge is 2.15. The Morgan fingerprint density at radius 2 is 1.09 bits per heavy atom. The smallest absolute Gasteiger partial charge is 0.212 e. The molecular formula is C30H18N2. The van der Waals surface area contributed by atoms with Crippen LogP contribution in [0.5, 0.6) is 0 Å². The molecule has 32 heavy (non-hydrogen) atoms. The maximum atomic E-state index is 7.64. The number of nitrogens with zero attached hydrogens (tertiary/aromatic N) is 2. The van der Waals surface area contributed by atoms with Crippen molar-refractivity contribution in [3.63, 3.8) is 0 Å². The maximum absolute atomic E-state index is 7.64. The summed E-state index contributed by atoms with van der Waals surface area (Å²) in [6, 6.07) is 34.2. The van der Waals surface area contributed by atoms with Crippen LogP contribution in [0.1, 0.15) is 0 Å². The third kappa shape index (κ3) is 2.76. The Bertz CT molecular complexity index is 1680. The molecule has 0 radical (unpaired) electrons. The number of hydrogen-bond donors (Lipinski definition) is 0. The molecule has 1 aromatic heterocycles. The highest BCUT2D eigenvalue weighted by Crippen LogP contribution is 2.43. The van der Waals surface area contributed by atoms with Crippen LogP contribution < -0.4 is 0 Å². The van der Waals surface area contributed by atoms with Gasteiger partial charge >= 0.3 is 0 Å². The minimum atomic E-state index is 0.571. The lowest BCUT2D eigenvalue weighted by Crippen LogP contribution is -1.89. The summed E-state index contributed by atoms with van der Waals surface area (Å²) in [5.74, 6) is 0. The minimum absolute atomic E-state index is 0.571. The number of fused-ring (bicyclic) bond motifs is 5. The van der Waals surface area contributed by atoms with E-state index in [0.717, 1.165) is 16.5 Å². The van der Waals surface area contributed by atoms with Crippen LogP contribution in [0.2, 0.25) is 0 Å². The molecule has 0 amide bonds. The monoisotopic (exact) mass is 406 g/mol. The fourth-order valence-electron chi connectivity index (χ4n) is 4.73. The van der Waals surface area contributed by atoms with Gasteiger partial charge in [-0.25, -0.2) is 4.85 Å². The van der Waals surface area contributed by atoms with Crippen molar-refractivity contribution in [3.8, 4) is 22.3 Å². The van der Waals surface area contributed by atoms with Gasteiger partial charge in [0.15, 0.2) is 0 Å². The van der Waals surface area contributed by atoms with Gasteiger partial charge in [0.25, 0.3) is 0 Å². The largest absolute Gasteiger partial charge is 0.276 e. The normalized spacial score (nSPS) is 11.1. The van der Waals surface area contributed by atoms with E-state index in [-0.39, 0.29) is 0 Å². The van der Waals surface area contributed by atoms with Crippen LogP contribution in [0.25, 0.3) is 59.4 Å². The summed E-state index contributed by atoms with van der Waals surface area (Å²) in [4.78, 5) is 7.90. The van der Waals surface area contributed by atoms with Gasteiger partial charge in [-0.3, -0.25) is 4.98 Å². The first kappa shape index (κ1) is 18.3.